The van der Waals surface area contributed by atoms with Crippen molar-refractivity contribution in [2.24, 2.45) is 5.73 Å². The van der Waals surface area contributed by atoms with E-state index in [4.69, 9.17) is 5.73 Å². The first-order chi connectivity index (χ1) is 8.00. The maximum absolute atomic E-state index is 10.1. The molecule has 0 aromatic heterocycles. The second-order valence-electron chi connectivity index (χ2n) is 5.88. The van der Waals surface area contributed by atoms with Gasteiger partial charge in [0.25, 0.3) is 0 Å². The number of nitrogens with zero attached hydrogens (tertiary/aromatic N) is 1. The second kappa shape index (κ2) is 6.72. The number of hydrogen-bond donors (Lipinski definition) is 2. The zero-order chi connectivity index (χ0) is 12.9. The molecule has 0 amide bonds. The van der Waals surface area contributed by atoms with Crippen molar-refractivity contribution >= 4 is 0 Å². The number of rotatable bonds is 6. The first-order valence-corrected chi connectivity index (χ1v) is 7.18. The van der Waals surface area contributed by atoms with E-state index < -0.39 is 5.60 Å². The molecule has 0 aliphatic heterocycles. The quantitative estimate of drug-likeness (QED) is 0.750. The van der Waals surface area contributed by atoms with E-state index in [-0.39, 0.29) is 0 Å². The lowest BCUT2D eigenvalue weighted by Gasteiger charge is -2.40. The van der Waals surface area contributed by atoms with Crippen LogP contribution in [0.3, 0.4) is 0 Å². The molecular weight excluding hydrogens is 212 g/mol. The molecule has 1 aliphatic carbocycles. The van der Waals surface area contributed by atoms with Gasteiger partial charge in [-0.25, -0.2) is 0 Å². The summed E-state index contributed by atoms with van der Waals surface area (Å²) in [6, 6.07) is 1.14. The Bertz CT molecular complexity index is 212. The van der Waals surface area contributed by atoms with Gasteiger partial charge in [-0.1, -0.05) is 26.2 Å². The van der Waals surface area contributed by atoms with E-state index >= 15 is 0 Å². The van der Waals surface area contributed by atoms with Crippen molar-refractivity contribution in [2.45, 2.75) is 77.0 Å². The summed E-state index contributed by atoms with van der Waals surface area (Å²) in [5.74, 6) is 0. The number of nitrogens with two attached hydrogens (primary N) is 1. The first kappa shape index (κ1) is 14.9. The average Bonchev–Trinajstić information content (AvgIpc) is 2.31. The summed E-state index contributed by atoms with van der Waals surface area (Å²) >= 11 is 0. The van der Waals surface area contributed by atoms with Crippen LogP contribution < -0.4 is 5.73 Å². The Labute approximate surface area is 106 Å². The topological polar surface area (TPSA) is 49.5 Å². The standard InChI is InChI=1S/C14H30N2O/c1-4-16(13-8-6-5-7-9-13)12(2)10-14(3,17)11-15/h12-13,17H,4-11,15H2,1-3H3. The van der Waals surface area contributed by atoms with E-state index in [0.717, 1.165) is 19.0 Å². The van der Waals surface area contributed by atoms with Crippen molar-refractivity contribution in [1.29, 1.82) is 0 Å². The highest BCUT2D eigenvalue weighted by atomic mass is 16.3. The molecular formula is C14H30N2O. The normalized spacial score (nSPS) is 23.6. The number of aliphatic hydroxyl groups is 1. The Morgan fingerprint density at radius 1 is 1.35 bits per heavy atom. The third kappa shape index (κ3) is 4.57. The van der Waals surface area contributed by atoms with Crippen LogP contribution in [-0.2, 0) is 0 Å². The summed E-state index contributed by atoms with van der Waals surface area (Å²) in [6.45, 7) is 7.72. The van der Waals surface area contributed by atoms with E-state index in [1.165, 1.54) is 32.1 Å². The Hall–Kier alpha value is -0.120. The summed E-state index contributed by atoms with van der Waals surface area (Å²) in [6.07, 6.45) is 7.53. The Morgan fingerprint density at radius 2 is 1.94 bits per heavy atom. The third-order valence-electron chi connectivity index (χ3n) is 4.15. The van der Waals surface area contributed by atoms with E-state index in [9.17, 15) is 5.11 Å². The molecule has 17 heavy (non-hydrogen) atoms. The van der Waals surface area contributed by atoms with Crippen molar-refractivity contribution in [2.75, 3.05) is 13.1 Å². The largest absolute Gasteiger partial charge is 0.389 e. The van der Waals surface area contributed by atoms with Crippen LogP contribution in [-0.4, -0.2) is 40.8 Å². The van der Waals surface area contributed by atoms with Crippen LogP contribution in [0.5, 0.6) is 0 Å². The third-order valence-corrected chi connectivity index (χ3v) is 4.15. The summed E-state index contributed by atoms with van der Waals surface area (Å²) in [5, 5.41) is 10.1. The minimum atomic E-state index is -0.721. The predicted molar refractivity (Wildman–Crippen MR) is 73.0 cm³/mol. The molecule has 0 saturated heterocycles. The molecule has 1 aliphatic rings. The molecule has 2 atom stereocenters. The van der Waals surface area contributed by atoms with Gasteiger partial charge < -0.3 is 10.8 Å². The van der Waals surface area contributed by atoms with Gasteiger partial charge >= 0.3 is 0 Å². The summed E-state index contributed by atoms with van der Waals surface area (Å²) in [4.78, 5) is 2.56. The molecule has 3 heteroatoms. The Morgan fingerprint density at radius 3 is 2.41 bits per heavy atom. The van der Waals surface area contributed by atoms with E-state index in [0.29, 0.717) is 12.6 Å². The van der Waals surface area contributed by atoms with Crippen LogP contribution in [0.15, 0.2) is 0 Å². The highest BCUT2D eigenvalue weighted by Gasteiger charge is 2.29. The minimum absolute atomic E-state index is 0.347. The van der Waals surface area contributed by atoms with Gasteiger partial charge in [-0.05, 0) is 39.7 Å². The van der Waals surface area contributed by atoms with Crippen LogP contribution in [0, 0.1) is 0 Å². The lowest BCUT2D eigenvalue weighted by atomic mass is 9.90. The minimum Gasteiger partial charge on any atom is -0.389 e. The Balaban J connectivity index is 2.53. The molecule has 3 N–H and O–H groups in total. The second-order valence-corrected chi connectivity index (χ2v) is 5.88. The zero-order valence-electron chi connectivity index (χ0n) is 11.8. The van der Waals surface area contributed by atoms with Crippen molar-refractivity contribution in [3.8, 4) is 0 Å². The van der Waals surface area contributed by atoms with Crippen LogP contribution in [0.25, 0.3) is 0 Å². The SMILES string of the molecule is CCN(C(C)CC(C)(O)CN)C1CCCCC1. The van der Waals surface area contributed by atoms with Crippen LogP contribution in [0.4, 0.5) is 0 Å². The lowest BCUT2D eigenvalue weighted by molar-refractivity contribution is 0.0148. The summed E-state index contributed by atoms with van der Waals surface area (Å²) < 4.78 is 0. The van der Waals surface area contributed by atoms with Crippen molar-refractivity contribution in [3.05, 3.63) is 0 Å². The van der Waals surface area contributed by atoms with Gasteiger partial charge in [-0.2, -0.15) is 0 Å². The Kier molecular flexibility index (Phi) is 5.90. The van der Waals surface area contributed by atoms with Gasteiger partial charge in [0.1, 0.15) is 0 Å². The highest BCUT2D eigenvalue weighted by Crippen LogP contribution is 2.26. The van der Waals surface area contributed by atoms with Crippen LogP contribution in [0.2, 0.25) is 0 Å². The maximum Gasteiger partial charge on any atom is 0.0756 e. The highest BCUT2D eigenvalue weighted by molar-refractivity contribution is 4.84. The van der Waals surface area contributed by atoms with Crippen molar-refractivity contribution in [3.63, 3.8) is 0 Å². The molecule has 2 unspecified atom stereocenters. The molecule has 1 fully saturated rings. The molecule has 102 valence electrons. The van der Waals surface area contributed by atoms with Gasteiger partial charge in [0.2, 0.25) is 0 Å². The van der Waals surface area contributed by atoms with Gasteiger partial charge in [-0.3, -0.25) is 4.90 Å². The van der Waals surface area contributed by atoms with Gasteiger partial charge in [0.15, 0.2) is 0 Å². The lowest BCUT2D eigenvalue weighted by Crippen LogP contribution is -2.47. The monoisotopic (exact) mass is 242 g/mol. The summed E-state index contributed by atoms with van der Waals surface area (Å²) in [5.41, 5.74) is 4.89. The first-order valence-electron chi connectivity index (χ1n) is 7.18. The van der Waals surface area contributed by atoms with Crippen molar-refractivity contribution in [1.82, 2.24) is 4.90 Å². The van der Waals surface area contributed by atoms with Crippen LogP contribution in [0.1, 0.15) is 59.3 Å². The van der Waals surface area contributed by atoms with Gasteiger partial charge in [0, 0.05) is 18.6 Å². The molecule has 0 aromatic rings. The molecule has 0 bridgehead atoms. The fourth-order valence-corrected chi connectivity index (χ4v) is 3.18. The molecule has 1 rings (SSSR count). The van der Waals surface area contributed by atoms with E-state index in [1.807, 2.05) is 6.92 Å². The van der Waals surface area contributed by atoms with E-state index in [1.54, 1.807) is 0 Å². The van der Waals surface area contributed by atoms with Gasteiger partial charge in [-0.15, -0.1) is 0 Å². The van der Waals surface area contributed by atoms with E-state index in [2.05, 4.69) is 18.7 Å². The number of hydrogen-bond acceptors (Lipinski definition) is 3. The maximum atomic E-state index is 10.1. The fourth-order valence-electron chi connectivity index (χ4n) is 3.18. The molecule has 0 aromatic carbocycles. The molecule has 3 nitrogen and oxygen atoms in total. The predicted octanol–water partition coefficient (Wildman–Crippen LogP) is 2.13. The smallest absolute Gasteiger partial charge is 0.0756 e. The summed E-state index contributed by atoms with van der Waals surface area (Å²) in [7, 11) is 0. The molecule has 0 spiro atoms. The fraction of sp³-hybridized carbons (Fsp3) is 1.00. The zero-order valence-corrected chi connectivity index (χ0v) is 11.8. The molecule has 0 radical (unpaired) electrons. The molecule has 0 heterocycles. The van der Waals surface area contributed by atoms with Gasteiger partial charge in [0.05, 0.1) is 5.60 Å². The average molecular weight is 242 g/mol. The molecule has 1 saturated carbocycles. The van der Waals surface area contributed by atoms with Crippen LogP contribution >= 0.6 is 0 Å². The van der Waals surface area contributed by atoms with Crippen molar-refractivity contribution < 1.29 is 5.11 Å².